The lowest BCUT2D eigenvalue weighted by atomic mass is 9.87. The number of hydrogen-bond donors (Lipinski definition) is 1. The fourth-order valence-corrected chi connectivity index (χ4v) is 2.49. The van der Waals surface area contributed by atoms with Gasteiger partial charge in [0.25, 0.3) is 0 Å². The second-order valence-corrected chi connectivity index (χ2v) is 6.16. The van der Waals surface area contributed by atoms with Crippen LogP contribution in [0.25, 0.3) is 0 Å². The van der Waals surface area contributed by atoms with Gasteiger partial charge in [-0.1, -0.05) is 27.7 Å². The van der Waals surface area contributed by atoms with E-state index in [1.165, 1.54) is 17.7 Å². The Morgan fingerprint density at radius 3 is 2.62 bits per heavy atom. The van der Waals surface area contributed by atoms with Gasteiger partial charge in [0.05, 0.1) is 5.69 Å². The van der Waals surface area contributed by atoms with E-state index in [4.69, 9.17) is 0 Å². The van der Waals surface area contributed by atoms with Gasteiger partial charge in [-0.05, 0) is 18.9 Å². The molecule has 16 heavy (non-hydrogen) atoms. The van der Waals surface area contributed by atoms with Crippen LogP contribution in [0.4, 0.5) is 0 Å². The van der Waals surface area contributed by atoms with Crippen molar-refractivity contribution in [2.24, 2.45) is 13.0 Å². The van der Waals surface area contributed by atoms with Gasteiger partial charge >= 0.3 is 0 Å². The first kappa shape index (κ1) is 11.6. The van der Waals surface area contributed by atoms with E-state index in [2.05, 4.69) is 44.3 Å². The number of nitrogens with zero attached hydrogens (tertiary/aromatic N) is 2. The van der Waals surface area contributed by atoms with Crippen molar-refractivity contribution in [2.45, 2.75) is 45.6 Å². The van der Waals surface area contributed by atoms with Gasteiger partial charge in [-0.25, -0.2) is 0 Å². The van der Waals surface area contributed by atoms with E-state index in [0.717, 1.165) is 12.5 Å². The van der Waals surface area contributed by atoms with E-state index >= 15 is 0 Å². The molecule has 0 bridgehead atoms. The fraction of sp³-hybridized carbons (Fsp3) is 0.769. The van der Waals surface area contributed by atoms with Crippen LogP contribution in [-0.4, -0.2) is 16.3 Å². The molecular formula is C13H23N3. The van der Waals surface area contributed by atoms with Crippen molar-refractivity contribution in [3.63, 3.8) is 0 Å². The summed E-state index contributed by atoms with van der Waals surface area (Å²) in [6.45, 7) is 10.1. The highest BCUT2D eigenvalue weighted by Gasteiger charge is 2.30. The molecule has 0 aromatic carbocycles. The van der Waals surface area contributed by atoms with Crippen molar-refractivity contribution >= 4 is 0 Å². The number of aromatic nitrogens is 2. The Labute approximate surface area is 98.2 Å². The summed E-state index contributed by atoms with van der Waals surface area (Å²) in [6, 6.07) is 0.498. The van der Waals surface area contributed by atoms with Crippen molar-refractivity contribution in [2.75, 3.05) is 6.54 Å². The van der Waals surface area contributed by atoms with E-state index in [9.17, 15) is 0 Å². The molecule has 2 unspecified atom stereocenters. The molecule has 1 aliphatic heterocycles. The summed E-state index contributed by atoms with van der Waals surface area (Å²) in [5, 5.41) is 8.22. The zero-order chi connectivity index (χ0) is 11.9. The summed E-state index contributed by atoms with van der Waals surface area (Å²) in [7, 11) is 2.01. The van der Waals surface area contributed by atoms with Gasteiger partial charge in [-0.15, -0.1) is 0 Å². The highest BCUT2D eigenvalue weighted by molar-refractivity contribution is 5.28. The van der Waals surface area contributed by atoms with Crippen LogP contribution in [0.15, 0.2) is 6.20 Å². The van der Waals surface area contributed by atoms with Crippen LogP contribution in [0.2, 0.25) is 0 Å². The minimum Gasteiger partial charge on any atom is -0.310 e. The highest BCUT2D eigenvalue weighted by Crippen LogP contribution is 2.33. The number of nitrogens with one attached hydrogen (secondary N) is 1. The predicted octanol–water partition coefficient (Wildman–Crippen LogP) is 2.39. The second kappa shape index (κ2) is 3.88. The zero-order valence-corrected chi connectivity index (χ0v) is 11.0. The summed E-state index contributed by atoms with van der Waals surface area (Å²) in [6.07, 6.45) is 3.41. The lowest BCUT2D eigenvalue weighted by molar-refractivity contribution is 0.531. The van der Waals surface area contributed by atoms with Gasteiger partial charge in [0.15, 0.2) is 0 Å². The van der Waals surface area contributed by atoms with Crippen molar-refractivity contribution in [1.29, 1.82) is 0 Å². The molecule has 2 heterocycles. The number of aryl methyl sites for hydroxylation is 1. The first-order valence-electron chi connectivity index (χ1n) is 6.15. The van der Waals surface area contributed by atoms with E-state index < -0.39 is 0 Å². The molecule has 1 aromatic rings. The quantitative estimate of drug-likeness (QED) is 0.789. The van der Waals surface area contributed by atoms with Crippen LogP contribution in [0.5, 0.6) is 0 Å². The van der Waals surface area contributed by atoms with E-state index in [-0.39, 0.29) is 5.41 Å². The van der Waals surface area contributed by atoms with Crippen molar-refractivity contribution < 1.29 is 0 Å². The third-order valence-electron chi connectivity index (χ3n) is 3.29. The lowest BCUT2D eigenvalue weighted by Crippen LogP contribution is -2.20. The van der Waals surface area contributed by atoms with E-state index in [0.29, 0.717) is 6.04 Å². The van der Waals surface area contributed by atoms with Crippen LogP contribution in [0, 0.1) is 5.92 Å². The summed E-state index contributed by atoms with van der Waals surface area (Å²) in [5.74, 6) is 0.776. The normalized spacial score (nSPS) is 26.3. The Kier molecular flexibility index (Phi) is 2.82. The molecule has 1 aromatic heterocycles. The van der Waals surface area contributed by atoms with Gasteiger partial charge in [0.1, 0.15) is 0 Å². The standard InChI is InChI=1S/C13H23N3/c1-9-6-11(14-7-9)10-8-16(5)15-12(10)13(2,3)4/h8-9,11,14H,6-7H2,1-5H3. The second-order valence-electron chi connectivity index (χ2n) is 6.16. The molecule has 0 radical (unpaired) electrons. The Hall–Kier alpha value is -0.830. The summed E-state index contributed by atoms with van der Waals surface area (Å²) in [5.41, 5.74) is 2.75. The van der Waals surface area contributed by atoms with Crippen LogP contribution in [0.1, 0.15) is 51.4 Å². The molecule has 0 saturated carbocycles. The summed E-state index contributed by atoms with van der Waals surface area (Å²) in [4.78, 5) is 0. The van der Waals surface area contributed by atoms with Crippen LogP contribution >= 0.6 is 0 Å². The van der Waals surface area contributed by atoms with Gasteiger partial charge in [-0.3, -0.25) is 4.68 Å². The highest BCUT2D eigenvalue weighted by atomic mass is 15.3. The number of hydrogen-bond acceptors (Lipinski definition) is 2. The zero-order valence-electron chi connectivity index (χ0n) is 11.0. The molecule has 90 valence electrons. The SMILES string of the molecule is CC1CNC(c2cn(C)nc2C(C)(C)C)C1. The first-order valence-corrected chi connectivity index (χ1v) is 6.15. The minimum absolute atomic E-state index is 0.129. The minimum atomic E-state index is 0.129. The van der Waals surface area contributed by atoms with Gasteiger partial charge in [-0.2, -0.15) is 5.10 Å². The maximum absolute atomic E-state index is 4.63. The third-order valence-corrected chi connectivity index (χ3v) is 3.29. The monoisotopic (exact) mass is 221 g/mol. The maximum atomic E-state index is 4.63. The molecule has 0 aliphatic carbocycles. The molecule has 1 fully saturated rings. The van der Waals surface area contributed by atoms with E-state index in [1.807, 2.05) is 11.7 Å². The summed E-state index contributed by atoms with van der Waals surface area (Å²) < 4.78 is 1.95. The molecule has 0 spiro atoms. The molecule has 2 rings (SSSR count). The fourth-order valence-electron chi connectivity index (χ4n) is 2.49. The molecule has 1 saturated heterocycles. The molecular weight excluding hydrogens is 198 g/mol. The maximum Gasteiger partial charge on any atom is 0.0725 e. The Bertz CT molecular complexity index is 373. The molecule has 3 nitrogen and oxygen atoms in total. The first-order chi connectivity index (χ1) is 7.38. The molecule has 1 aliphatic rings. The Morgan fingerprint density at radius 2 is 2.12 bits per heavy atom. The van der Waals surface area contributed by atoms with Crippen molar-refractivity contribution in [1.82, 2.24) is 15.1 Å². The smallest absolute Gasteiger partial charge is 0.0725 e. The Morgan fingerprint density at radius 1 is 1.44 bits per heavy atom. The van der Waals surface area contributed by atoms with Gasteiger partial charge < -0.3 is 5.32 Å². The van der Waals surface area contributed by atoms with E-state index in [1.54, 1.807) is 0 Å². The summed E-state index contributed by atoms with van der Waals surface area (Å²) >= 11 is 0. The third kappa shape index (κ3) is 2.14. The van der Waals surface area contributed by atoms with Crippen LogP contribution in [0.3, 0.4) is 0 Å². The van der Waals surface area contributed by atoms with Crippen molar-refractivity contribution in [3.05, 3.63) is 17.5 Å². The largest absolute Gasteiger partial charge is 0.310 e. The van der Waals surface area contributed by atoms with Gasteiger partial charge in [0, 0.05) is 30.3 Å². The lowest BCUT2D eigenvalue weighted by Gasteiger charge is -2.20. The van der Waals surface area contributed by atoms with Crippen LogP contribution in [-0.2, 0) is 12.5 Å². The predicted molar refractivity (Wildman–Crippen MR) is 66.4 cm³/mol. The average molecular weight is 221 g/mol. The molecule has 1 N–H and O–H groups in total. The average Bonchev–Trinajstić information content (AvgIpc) is 2.70. The van der Waals surface area contributed by atoms with Crippen LogP contribution < -0.4 is 5.32 Å². The number of rotatable bonds is 1. The molecule has 3 heteroatoms. The molecule has 0 amide bonds. The van der Waals surface area contributed by atoms with Gasteiger partial charge in [0.2, 0.25) is 0 Å². The van der Waals surface area contributed by atoms with Crippen molar-refractivity contribution in [3.8, 4) is 0 Å². The topological polar surface area (TPSA) is 29.9 Å². The molecule has 2 atom stereocenters. The Balaban J connectivity index is 2.33.